The van der Waals surface area contributed by atoms with E-state index in [1.54, 1.807) is 0 Å². The zero-order chi connectivity index (χ0) is 17.1. The predicted octanol–water partition coefficient (Wildman–Crippen LogP) is 0.948. The molecule has 1 aromatic rings. The van der Waals surface area contributed by atoms with Crippen LogP contribution in [-0.4, -0.2) is 60.9 Å². The number of fused-ring (bicyclic) bond motifs is 1. The average Bonchev–Trinajstić information content (AvgIpc) is 2.61. The molecule has 1 saturated heterocycles. The fourth-order valence-corrected chi connectivity index (χ4v) is 3.13. The highest BCUT2D eigenvalue weighted by Crippen LogP contribution is 2.36. The van der Waals surface area contributed by atoms with Crippen molar-refractivity contribution in [1.82, 2.24) is 4.90 Å². The number of ether oxygens (including phenoxy) is 3. The Kier molecular flexibility index (Phi) is 4.89. The average molecular weight is 335 g/mol. The molecule has 1 aromatic carbocycles. The number of morpholine rings is 1. The number of carbonyl (C=O) groups is 2. The maximum Gasteiger partial charge on any atom is 0.328 e. The Labute approximate surface area is 140 Å². The SMILES string of the molecule is CCOc1cccc2c1OC[C@@H](C(=O)N1CCOC[C@H]1C(=O)O)C2. The summed E-state index contributed by atoms with van der Waals surface area (Å²) in [5.41, 5.74) is 0.908. The van der Waals surface area contributed by atoms with Gasteiger partial charge in [-0.2, -0.15) is 0 Å². The Morgan fingerprint density at radius 1 is 1.38 bits per heavy atom. The predicted molar refractivity (Wildman–Crippen MR) is 84.3 cm³/mol. The first-order chi connectivity index (χ1) is 11.6. The molecule has 0 unspecified atom stereocenters. The lowest BCUT2D eigenvalue weighted by atomic mass is 9.94. The summed E-state index contributed by atoms with van der Waals surface area (Å²) in [6.45, 7) is 3.33. The third-order valence-electron chi connectivity index (χ3n) is 4.30. The van der Waals surface area contributed by atoms with Gasteiger partial charge in [0.05, 0.1) is 25.7 Å². The van der Waals surface area contributed by atoms with Crippen LogP contribution in [-0.2, 0) is 20.7 Å². The lowest BCUT2D eigenvalue weighted by Gasteiger charge is -2.36. The van der Waals surface area contributed by atoms with E-state index in [4.69, 9.17) is 14.2 Å². The summed E-state index contributed by atoms with van der Waals surface area (Å²) >= 11 is 0. The number of para-hydroxylation sites is 1. The minimum absolute atomic E-state index is 0.0275. The molecule has 3 rings (SSSR count). The van der Waals surface area contributed by atoms with Gasteiger partial charge in [0, 0.05) is 6.54 Å². The van der Waals surface area contributed by atoms with Gasteiger partial charge in [0.2, 0.25) is 5.91 Å². The maximum absolute atomic E-state index is 12.8. The molecule has 1 amide bonds. The molecule has 0 radical (unpaired) electrons. The van der Waals surface area contributed by atoms with E-state index in [0.29, 0.717) is 31.1 Å². The van der Waals surface area contributed by atoms with Gasteiger partial charge < -0.3 is 24.2 Å². The van der Waals surface area contributed by atoms with E-state index in [1.165, 1.54) is 4.90 Å². The van der Waals surface area contributed by atoms with Gasteiger partial charge in [-0.3, -0.25) is 4.79 Å². The second-order valence-electron chi connectivity index (χ2n) is 5.85. The number of nitrogens with zero attached hydrogens (tertiary/aromatic N) is 1. The fraction of sp³-hybridized carbons (Fsp3) is 0.529. The Balaban J connectivity index is 1.76. The zero-order valence-electron chi connectivity index (χ0n) is 13.6. The summed E-state index contributed by atoms with van der Waals surface area (Å²) in [7, 11) is 0. The van der Waals surface area contributed by atoms with Crippen LogP contribution in [0.25, 0.3) is 0 Å². The lowest BCUT2D eigenvalue weighted by molar-refractivity contribution is -0.161. The molecular weight excluding hydrogens is 314 g/mol. The normalized spacial score (nSPS) is 23.1. The molecular formula is C17H21NO6. The number of carboxylic acids is 1. The first-order valence-electron chi connectivity index (χ1n) is 8.10. The standard InChI is InChI=1S/C17H21NO6/c1-2-23-14-5-3-4-11-8-12(9-24-15(11)14)16(19)18-6-7-22-10-13(18)17(20)21/h3-5,12-13H,2,6-10H2,1H3,(H,20,21)/t12-,13-/m0/s1. The fourth-order valence-electron chi connectivity index (χ4n) is 3.13. The number of benzene rings is 1. The number of hydrogen-bond donors (Lipinski definition) is 1. The molecule has 7 heteroatoms. The van der Waals surface area contributed by atoms with E-state index in [9.17, 15) is 14.7 Å². The molecule has 1 N–H and O–H groups in total. The van der Waals surface area contributed by atoms with Crippen molar-refractivity contribution in [1.29, 1.82) is 0 Å². The number of carbonyl (C=O) groups excluding carboxylic acids is 1. The first-order valence-corrected chi connectivity index (χ1v) is 8.10. The number of rotatable bonds is 4. The van der Waals surface area contributed by atoms with Crippen LogP contribution in [0.1, 0.15) is 12.5 Å². The molecule has 130 valence electrons. The summed E-state index contributed by atoms with van der Waals surface area (Å²) in [6.07, 6.45) is 0.513. The van der Waals surface area contributed by atoms with Gasteiger partial charge >= 0.3 is 5.97 Å². The molecule has 2 heterocycles. The highest BCUT2D eigenvalue weighted by Gasteiger charge is 2.38. The zero-order valence-corrected chi connectivity index (χ0v) is 13.6. The number of amides is 1. The largest absolute Gasteiger partial charge is 0.490 e. The lowest BCUT2D eigenvalue weighted by Crippen LogP contribution is -2.55. The third-order valence-corrected chi connectivity index (χ3v) is 4.30. The minimum atomic E-state index is -1.04. The van der Waals surface area contributed by atoms with Crippen LogP contribution in [0.2, 0.25) is 0 Å². The maximum atomic E-state index is 12.8. The van der Waals surface area contributed by atoms with Crippen molar-refractivity contribution >= 4 is 11.9 Å². The van der Waals surface area contributed by atoms with Gasteiger partial charge in [-0.15, -0.1) is 0 Å². The van der Waals surface area contributed by atoms with E-state index in [1.807, 2.05) is 25.1 Å². The van der Waals surface area contributed by atoms with Gasteiger partial charge in [-0.1, -0.05) is 12.1 Å². The van der Waals surface area contributed by atoms with Crippen molar-refractivity contribution in [2.45, 2.75) is 19.4 Å². The van der Waals surface area contributed by atoms with E-state index in [-0.39, 0.29) is 25.7 Å². The highest BCUT2D eigenvalue weighted by atomic mass is 16.5. The van der Waals surface area contributed by atoms with Gasteiger partial charge in [0.25, 0.3) is 0 Å². The molecule has 24 heavy (non-hydrogen) atoms. The highest BCUT2D eigenvalue weighted by molar-refractivity contribution is 5.86. The Bertz CT molecular complexity index is 632. The number of aliphatic carboxylic acids is 1. The summed E-state index contributed by atoms with van der Waals surface area (Å²) in [5, 5.41) is 9.29. The van der Waals surface area contributed by atoms with E-state index in [2.05, 4.69) is 0 Å². The molecule has 7 nitrogen and oxygen atoms in total. The van der Waals surface area contributed by atoms with Crippen LogP contribution >= 0.6 is 0 Å². The second kappa shape index (κ2) is 7.09. The Morgan fingerprint density at radius 2 is 2.21 bits per heavy atom. The molecule has 0 bridgehead atoms. The van der Waals surface area contributed by atoms with Crippen molar-refractivity contribution in [3.63, 3.8) is 0 Å². The van der Waals surface area contributed by atoms with Gasteiger partial charge in [0.1, 0.15) is 6.61 Å². The van der Waals surface area contributed by atoms with Crippen molar-refractivity contribution in [2.24, 2.45) is 5.92 Å². The number of hydrogen-bond acceptors (Lipinski definition) is 5. The number of carboxylic acid groups (broad SMARTS) is 1. The summed E-state index contributed by atoms with van der Waals surface area (Å²) in [6, 6.07) is 4.69. The van der Waals surface area contributed by atoms with Crippen LogP contribution in [0.3, 0.4) is 0 Å². The third kappa shape index (κ3) is 3.17. The first kappa shape index (κ1) is 16.6. The summed E-state index contributed by atoms with van der Waals surface area (Å²) in [4.78, 5) is 25.5. The van der Waals surface area contributed by atoms with E-state index in [0.717, 1.165) is 5.56 Å². The van der Waals surface area contributed by atoms with Gasteiger partial charge in [0.15, 0.2) is 17.5 Å². The van der Waals surface area contributed by atoms with Crippen molar-refractivity contribution in [2.75, 3.05) is 33.0 Å². The van der Waals surface area contributed by atoms with E-state index >= 15 is 0 Å². The monoisotopic (exact) mass is 335 g/mol. The van der Waals surface area contributed by atoms with Crippen LogP contribution < -0.4 is 9.47 Å². The van der Waals surface area contributed by atoms with Crippen LogP contribution in [0.5, 0.6) is 11.5 Å². The van der Waals surface area contributed by atoms with Gasteiger partial charge in [-0.25, -0.2) is 4.79 Å². The molecule has 0 aliphatic carbocycles. The van der Waals surface area contributed by atoms with Crippen LogP contribution in [0.4, 0.5) is 0 Å². The Hall–Kier alpha value is -2.28. The summed E-state index contributed by atoms with van der Waals surface area (Å²) < 4.78 is 16.5. The quantitative estimate of drug-likeness (QED) is 0.882. The van der Waals surface area contributed by atoms with Gasteiger partial charge in [-0.05, 0) is 25.0 Å². The summed E-state index contributed by atoms with van der Waals surface area (Å²) in [5.74, 6) is -0.276. The molecule has 2 aliphatic rings. The Morgan fingerprint density at radius 3 is 2.96 bits per heavy atom. The minimum Gasteiger partial charge on any atom is -0.490 e. The van der Waals surface area contributed by atoms with E-state index < -0.39 is 17.9 Å². The molecule has 0 saturated carbocycles. The van der Waals surface area contributed by atoms with Crippen LogP contribution in [0.15, 0.2) is 18.2 Å². The van der Waals surface area contributed by atoms with Crippen molar-refractivity contribution in [3.05, 3.63) is 23.8 Å². The topological polar surface area (TPSA) is 85.3 Å². The molecule has 0 spiro atoms. The van der Waals surface area contributed by atoms with Crippen molar-refractivity contribution < 1.29 is 28.9 Å². The molecule has 1 fully saturated rings. The molecule has 2 aliphatic heterocycles. The van der Waals surface area contributed by atoms with Crippen LogP contribution in [0, 0.1) is 5.92 Å². The molecule has 2 atom stereocenters. The van der Waals surface area contributed by atoms with Crippen molar-refractivity contribution in [3.8, 4) is 11.5 Å². The smallest absolute Gasteiger partial charge is 0.328 e. The molecule has 0 aromatic heterocycles. The second-order valence-corrected chi connectivity index (χ2v) is 5.85.